The Morgan fingerprint density at radius 2 is 1.85 bits per heavy atom. The summed E-state index contributed by atoms with van der Waals surface area (Å²) in [7, 11) is 0. The Balaban J connectivity index is 0.000000765. The third-order valence-corrected chi connectivity index (χ3v) is 4.80. The van der Waals surface area contributed by atoms with E-state index in [9.17, 15) is 4.79 Å². The lowest BCUT2D eigenvalue weighted by Gasteiger charge is -2.36. The fourth-order valence-corrected chi connectivity index (χ4v) is 3.49. The molecule has 0 aromatic heterocycles. The van der Waals surface area contributed by atoms with E-state index in [0.717, 1.165) is 58.3 Å². The topological polar surface area (TPSA) is 101 Å². The summed E-state index contributed by atoms with van der Waals surface area (Å²) in [6.45, 7) is 9.17. The molecule has 1 amide bonds. The predicted molar refractivity (Wildman–Crippen MR) is 101 cm³/mol. The van der Waals surface area contributed by atoms with Crippen molar-refractivity contribution in [1.82, 2.24) is 9.80 Å². The molecule has 26 heavy (non-hydrogen) atoms. The van der Waals surface area contributed by atoms with Crippen LogP contribution in [0, 0.1) is 22.7 Å². The first-order chi connectivity index (χ1) is 12.4. The molecule has 0 bridgehead atoms. The highest BCUT2D eigenvalue weighted by molar-refractivity contribution is 5.97. The molecule has 2 fully saturated rings. The second-order valence-corrected chi connectivity index (χ2v) is 7.20. The first-order valence-corrected chi connectivity index (χ1v) is 9.71. The minimum Gasteiger partial charge on any atom is -0.450 e. The third-order valence-electron chi connectivity index (χ3n) is 4.80. The average Bonchev–Trinajstić information content (AvgIpc) is 2.87. The first kappa shape index (κ1) is 22.4. The van der Waals surface area contributed by atoms with Crippen molar-refractivity contribution in [2.45, 2.75) is 65.0 Å². The number of carbonyl (C=O) groups excluding carboxylic acids is 1. The zero-order valence-corrected chi connectivity index (χ0v) is 16.4. The van der Waals surface area contributed by atoms with Crippen molar-refractivity contribution in [3.05, 3.63) is 0 Å². The molecule has 0 spiro atoms. The molecule has 0 aromatic carbocycles. The first-order valence-electron chi connectivity index (χ1n) is 9.71. The van der Waals surface area contributed by atoms with Gasteiger partial charge in [0, 0.05) is 31.2 Å². The maximum absolute atomic E-state index is 11.8. The van der Waals surface area contributed by atoms with Crippen molar-refractivity contribution in [3.8, 4) is 6.07 Å². The van der Waals surface area contributed by atoms with E-state index >= 15 is 0 Å². The molecule has 7 nitrogen and oxygen atoms in total. The number of aliphatic hydroxyl groups excluding tert-OH is 1. The smallest absolute Gasteiger partial charge is 0.409 e. The Kier molecular flexibility index (Phi) is 10.2. The molecular formula is C19H34N4O3. The van der Waals surface area contributed by atoms with E-state index in [4.69, 9.17) is 20.5 Å². The van der Waals surface area contributed by atoms with Crippen LogP contribution in [-0.2, 0) is 4.74 Å². The second-order valence-electron chi connectivity index (χ2n) is 7.20. The number of nitrogens with one attached hydrogen (secondary N) is 1. The molecule has 2 N–H and O–H groups in total. The maximum atomic E-state index is 11.8. The molecule has 2 saturated heterocycles. The van der Waals surface area contributed by atoms with Gasteiger partial charge in [-0.1, -0.05) is 0 Å². The fourth-order valence-electron chi connectivity index (χ4n) is 3.49. The van der Waals surface area contributed by atoms with E-state index in [1.54, 1.807) is 13.8 Å². The van der Waals surface area contributed by atoms with Crippen molar-refractivity contribution in [1.29, 1.82) is 10.7 Å². The van der Waals surface area contributed by atoms with E-state index in [-0.39, 0.29) is 23.8 Å². The van der Waals surface area contributed by atoms with Gasteiger partial charge >= 0.3 is 6.09 Å². The van der Waals surface area contributed by atoms with Crippen LogP contribution in [0.15, 0.2) is 0 Å². The summed E-state index contributed by atoms with van der Waals surface area (Å²) in [4.78, 5) is 16.1. The monoisotopic (exact) mass is 366 g/mol. The highest BCUT2D eigenvalue weighted by Crippen LogP contribution is 2.24. The van der Waals surface area contributed by atoms with Crippen LogP contribution >= 0.6 is 0 Å². The largest absolute Gasteiger partial charge is 0.450 e. The number of piperidine rings is 1. The summed E-state index contributed by atoms with van der Waals surface area (Å²) in [6.07, 6.45) is 4.56. The third kappa shape index (κ3) is 7.71. The number of amides is 1. The van der Waals surface area contributed by atoms with Gasteiger partial charge in [-0.2, -0.15) is 5.26 Å². The molecule has 0 saturated carbocycles. The fraction of sp³-hybridized carbons (Fsp3) is 0.842. The minimum atomic E-state index is -0.190. The van der Waals surface area contributed by atoms with Gasteiger partial charge in [-0.3, -0.25) is 5.41 Å². The van der Waals surface area contributed by atoms with Crippen molar-refractivity contribution < 1.29 is 14.6 Å². The zero-order valence-electron chi connectivity index (χ0n) is 16.4. The molecule has 7 heteroatoms. The van der Waals surface area contributed by atoms with Gasteiger partial charge in [-0.15, -0.1) is 0 Å². The Morgan fingerprint density at radius 1 is 1.23 bits per heavy atom. The summed E-state index contributed by atoms with van der Waals surface area (Å²) < 4.78 is 5.09. The quantitative estimate of drug-likeness (QED) is 0.748. The second kappa shape index (κ2) is 11.9. The molecule has 0 aliphatic carbocycles. The maximum Gasteiger partial charge on any atom is 0.409 e. The van der Waals surface area contributed by atoms with Gasteiger partial charge in [0.05, 0.1) is 6.61 Å². The summed E-state index contributed by atoms with van der Waals surface area (Å²) in [5, 5.41) is 24.5. The molecule has 2 heterocycles. The van der Waals surface area contributed by atoms with Crippen LogP contribution in [0.2, 0.25) is 0 Å². The number of rotatable bonds is 3. The molecular weight excluding hydrogens is 332 g/mol. The lowest BCUT2D eigenvalue weighted by Crippen LogP contribution is -2.43. The van der Waals surface area contributed by atoms with E-state index in [2.05, 4.69) is 4.90 Å². The van der Waals surface area contributed by atoms with E-state index < -0.39 is 0 Å². The summed E-state index contributed by atoms with van der Waals surface area (Å²) >= 11 is 0. The predicted octanol–water partition coefficient (Wildman–Crippen LogP) is 2.64. The van der Waals surface area contributed by atoms with Crippen molar-refractivity contribution in [2.24, 2.45) is 5.92 Å². The lowest BCUT2D eigenvalue weighted by atomic mass is 9.91. The van der Waals surface area contributed by atoms with Crippen LogP contribution in [0.1, 0.15) is 52.9 Å². The number of ether oxygens (including phenoxy) is 1. The van der Waals surface area contributed by atoms with Crippen LogP contribution < -0.4 is 0 Å². The Morgan fingerprint density at radius 3 is 2.38 bits per heavy atom. The number of aliphatic hydroxyl groups is 1. The Bertz CT molecular complexity index is 479. The van der Waals surface area contributed by atoms with E-state index in [0.29, 0.717) is 12.6 Å². The number of nitrogens with zero attached hydrogens (tertiary/aromatic N) is 3. The van der Waals surface area contributed by atoms with Gasteiger partial charge in [-0.05, 0) is 66.0 Å². The zero-order chi connectivity index (χ0) is 19.5. The SMILES string of the molecule is CC(C)O.CCOC(=O)N1CCCC(N2CCC(C(=N)C#N)CC2)CC1. The van der Waals surface area contributed by atoms with E-state index in [1.165, 1.54) is 0 Å². The highest BCUT2D eigenvalue weighted by Gasteiger charge is 2.29. The number of likely N-dealkylation sites (tertiary alicyclic amines) is 2. The van der Waals surface area contributed by atoms with Gasteiger partial charge in [-0.25, -0.2) is 4.79 Å². The molecule has 0 radical (unpaired) electrons. The van der Waals surface area contributed by atoms with Crippen molar-refractivity contribution >= 4 is 11.8 Å². The van der Waals surface area contributed by atoms with Crippen molar-refractivity contribution in [2.75, 3.05) is 32.8 Å². The lowest BCUT2D eigenvalue weighted by molar-refractivity contribution is 0.105. The van der Waals surface area contributed by atoms with Gasteiger partial charge in [0.25, 0.3) is 0 Å². The van der Waals surface area contributed by atoms with Crippen LogP contribution in [0.25, 0.3) is 0 Å². The molecule has 1 unspecified atom stereocenters. The van der Waals surface area contributed by atoms with Gasteiger partial charge in [0.2, 0.25) is 0 Å². The molecule has 148 valence electrons. The van der Waals surface area contributed by atoms with Crippen LogP contribution in [-0.4, -0.2) is 71.6 Å². The van der Waals surface area contributed by atoms with Gasteiger partial charge in [0.1, 0.15) is 11.8 Å². The molecule has 0 aromatic rings. The van der Waals surface area contributed by atoms with Crippen LogP contribution in [0.5, 0.6) is 0 Å². The number of hydrogen-bond donors (Lipinski definition) is 2. The number of nitriles is 1. The number of hydrogen-bond acceptors (Lipinski definition) is 6. The highest BCUT2D eigenvalue weighted by atomic mass is 16.6. The normalized spacial score (nSPS) is 22.0. The molecule has 2 rings (SSSR count). The van der Waals surface area contributed by atoms with Crippen LogP contribution in [0.4, 0.5) is 4.79 Å². The van der Waals surface area contributed by atoms with Crippen LogP contribution in [0.3, 0.4) is 0 Å². The standard InChI is InChI=1S/C16H26N4O2.C3H8O/c1-2-22-16(21)20-8-3-4-14(7-11-20)19-9-5-13(6-10-19)15(18)12-17;1-3(2)4/h13-14,18H,2-11H2,1H3;3-4H,1-2H3. The Hall–Kier alpha value is -1.65. The van der Waals surface area contributed by atoms with E-state index in [1.807, 2.05) is 17.9 Å². The summed E-state index contributed by atoms with van der Waals surface area (Å²) in [5.41, 5.74) is 0.231. The molecule has 1 atom stereocenters. The molecule has 2 aliphatic rings. The average molecular weight is 367 g/mol. The Labute approximate surface area is 157 Å². The molecule has 2 aliphatic heterocycles. The number of carbonyl (C=O) groups is 1. The summed E-state index contributed by atoms with van der Waals surface area (Å²) in [6, 6.07) is 2.49. The summed E-state index contributed by atoms with van der Waals surface area (Å²) in [5.74, 6) is 0.142. The van der Waals surface area contributed by atoms with Gasteiger partial charge < -0.3 is 19.6 Å². The van der Waals surface area contributed by atoms with Gasteiger partial charge in [0.15, 0.2) is 0 Å². The minimum absolute atomic E-state index is 0.142. The van der Waals surface area contributed by atoms with Crippen molar-refractivity contribution in [3.63, 3.8) is 0 Å².